The van der Waals surface area contributed by atoms with Crippen LogP contribution in [0.4, 0.5) is 0 Å². The van der Waals surface area contributed by atoms with Crippen molar-refractivity contribution < 1.29 is 4.79 Å². The predicted molar refractivity (Wildman–Crippen MR) is 55.7 cm³/mol. The van der Waals surface area contributed by atoms with Crippen LogP contribution in [0.15, 0.2) is 0 Å². The Morgan fingerprint density at radius 3 is 2.14 bits per heavy atom. The standard InChI is InChI=1S/C10H19N3O/c1-4-12(8-7-11)9-10(14)13(5-2)6-3/h4-6,8-9H2,1-3H3. The van der Waals surface area contributed by atoms with Crippen molar-refractivity contribution in [1.82, 2.24) is 9.80 Å². The molecule has 0 atom stereocenters. The Morgan fingerprint density at radius 2 is 1.79 bits per heavy atom. The lowest BCUT2D eigenvalue weighted by Crippen LogP contribution is -2.40. The van der Waals surface area contributed by atoms with Crippen LogP contribution >= 0.6 is 0 Å². The Balaban J connectivity index is 4.07. The molecule has 0 radical (unpaired) electrons. The van der Waals surface area contributed by atoms with Gasteiger partial charge in [0.2, 0.25) is 5.91 Å². The zero-order chi connectivity index (χ0) is 11.0. The van der Waals surface area contributed by atoms with E-state index in [-0.39, 0.29) is 5.91 Å². The molecule has 0 aromatic rings. The van der Waals surface area contributed by atoms with Crippen molar-refractivity contribution in [3.05, 3.63) is 0 Å². The van der Waals surface area contributed by atoms with E-state index in [0.29, 0.717) is 13.1 Å². The highest BCUT2D eigenvalue weighted by molar-refractivity contribution is 5.78. The molecule has 0 rings (SSSR count). The summed E-state index contributed by atoms with van der Waals surface area (Å²) >= 11 is 0. The number of hydrogen-bond acceptors (Lipinski definition) is 3. The van der Waals surface area contributed by atoms with Gasteiger partial charge in [0.25, 0.3) is 0 Å². The Hall–Kier alpha value is -1.08. The van der Waals surface area contributed by atoms with Crippen molar-refractivity contribution in [1.29, 1.82) is 5.26 Å². The van der Waals surface area contributed by atoms with Gasteiger partial charge in [0, 0.05) is 13.1 Å². The van der Waals surface area contributed by atoms with Gasteiger partial charge in [0.15, 0.2) is 0 Å². The third kappa shape index (κ3) is 4.24. The van der Waals surface area contributed by atoms with Crippen molar-refractivity contribution in [3.63, 3.8) is 0 Å². The maximum atomic E-state index is 11.6. The van der Waals surface area contributed by atoms with Gasteiger partial charge in [-0.15, -0.1) is 0 Å². The van der Waals surface area contributed by atoms with Gasteiger partial charge >= 0.3 is 0 Å². The second-order valence-electron chi connectivity index (χ2n) is 3.03. The van der Waals surface area contributed by atoms with Crippen LogP contribution in [0.25, 0.3) is 0 Å². The Morgan fingerprint density at radius 1 is 1.21 bits per heavy atom. The van der Waals surface area contributed by atoms with Crippen molar-refractivity contribution in [2.75, 3.05) is 32.7 Å². The van der Waals surface area contributed by atoms with Crippen molar-refractivity contribution in [2.45, 2.75) is 20.8 Å². The fourth-order valence-electron chi connectivity index (χ4n) is 1.25. The topological polar surface area (TPSA) is 47.3 Å². The SMILES string of the molecule is CCN(CC#N)CC(=O)N(CC)CC. The molecule has 0 N–H and O–H groups in total. The second kappa shape index (κ2) is 7.34. The van der Waals surface area contributed by atoms with E-state index in [9.17, 15) is 4.79 Å². The lowest BCUT2D eigenvalue weighted by Gasteiger charge is -2.23. The van der Waals surface area contributed by atoms with Crippen LogP contribution in [0.1, 0.15) is 20.8 Å². The lowest BCUT2D eigenvalue weighted by molar-refractivity contribution is -0.131. The average Bonchev–Trinajstić information content (AvgIpc) is 2.19. The molecular formula is C10H19N3O. The molecule has 0 aliphatic heterocycles. The zero-order valence-electron chi connectivity index (χ0n) is 9.29. The molecule has 0 heterocycles. The Labute approximate surface area is 86.1 Å². The fourth-order valence-corrected chi connectivity index (χ4v) is 1.25. The molecule has 4 nitrogen and oxygen atoms in total. The van der Waals surface area contributed by atoms with Gasteiger partial charge in [-0.1, -0.05) is 6.92 Å². The molecule has 0 fully saturated rings. The van der Waals surface area contributed by atoms with E-state index in [0.717, 1.165) is 19.6 Å². The zero-order valence-corrected chi connectivity index (χ0v) is 9.29. The molecule has 0 aromatic heterocycles. The molecule has 4 heteroatoms. The summed E-state index contributed by atoms with van der Waals surface area (Å²) in [5.41, 5.74) is 0. The van der Waals surface area contributed by atoms with Gasteiger partial charge in [-0.2, -0.15) is 5.26 Å². The first-order valence-corrected chi connectivity index (χ1v) is 5.06. The first-order chi connectivity index (χ1) is 6.69. The van der Waals surface area contributed by atoms with Crippen LogP contribution < -0.4 is 0 Å². The van der Waals surface area contributed by atoms with Crippen LogP contribution in [0.5, 0.6) is 0 Å². The van der Waals surface area contributed by atoms with Crippen molar-refractivity contribution >= 4 is 5.91 Å². The number of carbonyl (C=O) groups is 1. The maximum absolute atomic E-state index is 11.6. The van der Waals surface area contributed by atoms with E-state index in [2.05, 4.69) is 6.07 Å². The minimum Gasteiger partial charge on any atom is -0.342 e. The van der Waals surface area contributed by atoms with E-state index >= 15 is 0 Å². The fraction of sp³-hybridized carbons (Fsp3) is 0.800. The van der Waals surface area contributed by atoms with E-state index in [4.69, 9.17) is 5.26 Å². The summed E-state index contributed by atoms with van der Waals surface area (Å²) in [6, 6.07) is 2.05. The van der Waals surface area contributed by atoms with Gasteiger partial charge in [-0.05, 0) is 20.4 Å². The predicted octanol–water partition coefficient (Wildman–Crippen LogP) is 0.700. The number of likely N-dealkylation sites (N-methyl/N-ethyl adjacent to an activating group) is 2. The molecule has 0 unspecified atom stereocenters. The summed E-state index contributed by atoms with van der Waals surface area (Å²) in [5, 5.41) is 8.52. The van der Waals surface area contributed by atoms with Gasteiger partial charge in [-0.3, -0.25) is 9.69 Å². The number of nitriles is 1. The van der Waals surface area contributed by atoms with E-state index in [1.54, 1.807) is 4.90 Å². The Kier molecular flexibility index (Phi) is 6.77. The van der Waals surface area contributed by atoms with Crippen LogP contribution in [0.2, 0.25) is 0 Å². The molecule has 0 aliphatic carbocycles. The Bertz CT molecular complexity index is 206. The second-order valence-corrected chi connectivity index (χ2v) is 3.03. The highest BCUT2D eigenvalue weighted by Crippen LogP contribution is 1.93. The molecule has 80 valence electrons. The number of nitrogens with zero attached hydrogens (tertiary/aromatic N) is 3. The smallest absolute Gasteiger partial charge is 0.236 e. The molecule has 0 aromatic carbocycles. The van der Waals surface area contributed by atoms with Crippen LogP contribution in [-0.2, 0) is 4.79 Å². The van der Waals surface area contributed by atoms with Crippen LogP contribution in [-0.4, -0.2) is 48.4 Å². The normalized spacial score (nSPS) is 9.93. The van der Waals surface area contributed by atoms with Gasteiger partial charge < -0.3 is 4.90 Å². The van der Waals surface area contributed by atoms with Gasteiger partial charge in [-0.25, -0.2) is 0 Å². The molecule has 0 saturated carbocycles. The highest BCUT2D eigenvalue weighted by Gasteiger charge is 2.13. The summed E-state index contributed by atoms with van der Waals surface area (Å²) in [4.78, 5) is 15.2. The maximum Gasteiger partial charge on any atom is 0.236 e. The summed E-state index contributed by atoms with van der Waals surface area (Å²) in [6.45, 7) is 8.76. The third-order valence-electron chi connectivity index (χ3n) is 2.22. The summed E-state index contributed by atoms with van der Waals surface area (Å²) in [7, 11) is 0. The monoisotopic (exact) mass is 197 g/mol. The lowest BCUT2D eigenvalue weighted by atomic mass is 10.4. The van der Waals surface area contributed by atoms with E-state index in [1.165, 1.54) is 0 Å². The number of amides is 1. The van der Waals surface area contributed by atoms with E-state index < -0.39 is 0 Å². The first kappa shape index (κ1) is 12.9. The number of hydrogen-bond donors (Lipinski definition) is 0. The quantitative estimate of drug-likeness (QED) is 0.589. The van der Waals surface area contributed by atoms with Crippen LogP contribution in [0, 0.1) is 11.3 Å². The van der Waals surface area contributed by atoms with Gasteiger partial charge in [0.1, 0.15) is 0 Å². The number of carbonyl (C=O) groups excluding carboxylic acids is 1. The summed E-state index contributed by atoms with van der Waals surface area (Å²) in [5.74, 6) is 0.104. The summed E-state index contributed by atoms with van der Waals surface area (Å²) in [6.07, 6.45) is 0. The number of rotatable bonds is 6. The molecule has 14 heavy (non-hydrogen) atoms. The average molecular weight is 197 g/mol. The first-order valence-electron chi connectivity index (χ1n) is 5.06. The third-order valence-corrected chi connectivity index (χ3v) is 2.22. The van der Waals surface area contributed by atoms with Crippen molar-refractivity contribution in [2.24, 2.45) is 0 Å². The molecule has 0 bridgehead atoms. The largest absolute Gasteiger partial charge is 0.342 e. The minimum absolute atomic E-state index is 0.104. The summed E-state index contributed by atoms with van der Waals surface area (Å²) < 4.78 is 0. The van der Waals surface area contributed by atoms with Crippen molar-refractivity contribution in [3.8, 4) is 6.07 Å². The highest BCUT2D eigenvalue weighted by atomic mass is 16.2. The molecular weight excluding hydrogens is 178 g/mol. The minimum atomic E-state index is 0.104. The molecule has 0 saturated heterocycles. The van der Waals surface area contributed by atoms with Gasteiger partial charge in [0.05, 0.1) is 19.2 Å². The molecule has 0 spiro atoms. The molecule has 0 aliphatic rings. The van der Waals surface area contributed by atoms with E-state index in [1.807, 2.05) is 25.7 Å². The molecule has 1 amide bonds. The van der Waals surface area contributed by atoms with Crippen LogP contribution in [0.3, 0.4) is 0 Å².